The maximum Gasteiger partial charge on any atom is 1.00 e. The van der Waals surface area contributed by atoms with Crippen LogP contribution in [0.1, 0.15) is 71.1 Å². The Balaban J connectivity index is 0. The summed E-state index contributed by atoms with van der Waals surface area (Å²) >= 11 is 0. The normalized spacial score (nSPS) is 13.0. The van der Waals surface area contributed by atoms with E-state index in [0.717, 1.165) is 32.1 Å². The van der Waals surface area contributed by atoms with Gasteiger partial charge < -0.3 is 9.66 Å². The van der Waals surface area contributed by atoms with Crippen molar-refractivity contribution < 1.29 is 69.5 Å². The molecule has 0 aliphatic heterocycles. The van der Waals surface area contributed by atoms with Crippen LogP contribution in [0.5, 0.6) is 0 Å². The van der Waals surface area contributed by atoms with Crippen molar-refractivity contribution >= 4 is 10.1 Å². The van der Waals surface area contributed by atoms with Gasteiger partial charge in [-0.1, -0.05) is 51.4 Å². The van der Waals surface area contributed by atoms with Gasteiger partial charge >= 0.3 is 51.4 Å². The number of rotatable bonds is 12. The molecule has 0 rings (SSSR count). The monoisotopic (exact) mass is 318 g/mol. The van der Waals surface area contributed by atoms with Crippen LogP contribution in [0.15, 0.2) is 0 Å². The molecule has 19 heavy (non-hydrogen) atoms. The van der Waals surface area contributed by atoms with Gasteiger partial charge in [-0.2, -0.15) is 0 Å². The molecule has 1 unspecified atom stereocenters. The topological polar surface area (TPSA) is 77.4 Å². The van der Waals surface area contributed by atoms with E-state index >= 15 is 0 Å². The number of aliphatic hydroxyl groups is 1. The third kappa shape index (κ3) is 15.7. The molecule has 0 aromatic rings. The zero-order chi connectivity index (χ0) is 13.9. The molecule has 1 atom stereocenters. The molecule has 6 heteroatoms. The second kappa shape index (κ2) is 14.4. The summed E-state index contributed by atoms with van der Waals surface area (Å²) in [6, 6.07) is 0. The molecule has 110 valence electrons. The van der Waals surface area contributed by atoms with Crippen LogP contribution >= 0.6 is 0 Å². The number of aliphatic hydroxyl groups excluding tert-OH is 1. The average Bonchev–Trinajstić information content (AvgIpc) is 2.30. The Morgan fingerprint density at radius 3 is 1.63 bits per heavy atom. The van der Waals surface area contributed by atoms with Crippen molar-refractivity contribution in [2.24, 2.45) is 0 Å². The Labute approximate surface area is 160 Å². The summed E-state index contributed by atoms with van der Waals surface area (Å²) in [5.41, 5.74) is 0. The predicted molar refractivity (Wildman–Crippen MR) is 72.4 cm³/mol. The van der Waals surface area contributed by atoms with Gasteiger partial charge in [0.05, 0.1) is 10.1 Å². The first-order chi connectivity index (χ1) is 8.48. The van der Waals surface area contributed by atoms with Gasteiger partial charge in [0.25, 0.3) is 0 Å². The fourth-order valence-corrected chi connectivity index (χ4v) is 2.38. The fourth-order valence-electron chi connectivity index (χ4n) is 1.93. The summed E-state index contributed by atoms with van der Waals surface area (Å²) in [7, 11) is -4.08. The van der Waals surface area contributed by atoms with Gasteiger partial charge in [-0.25, -0.2) is 8.42 Å². The molecule has 0 spiro atoms. The van der Waals surface area contributed by atoms with Gasteiger partial charge in [0.15, 0.2) is 0 Å². The van der Waals surface area contributed by atoms with E-state index in [-0.39, 0.29) is 51.4 Å². The van der Waals surface area contributed by atoms with E-state index in [9.17, 15) is 13.0 Å². The van der Waals surface area contributed by atoms with Crippen molar-refractivity contribution in [3.8, 4) is 0 Å². The third-order valence-electron chi connectivity index (χ3n) is 3.26. The van der Waals surface area contributed by atoms with Crippen molar-refractivity contribution in [1.82, 2.24) is 0 Å². The van der Waals surface area contributed by atoms with Crippen LogP contribution in [0.4, 0.5) is 0 Å². The van der Waals surface area contributed by atoms with E-state index in [1.54, 1.807) is 0 Å². The minimum atomic E-state index is -4.08. The molecule has 0 saturated heterocycles. The molecule has 0 aliphatic rings. The summed E-state index contributed by atoms with van der Waals surface area (Å²) in [6.07, 6.45) is 10.2. The van der Waals surface area contributed by atoms with Crippen molar-refractivity contribution in [1.29, 1.82) is 0 Å². The van der Waals surface area contributed by atoms with E-state index in [1.165, 1.54) is 32.6 Å². The molecule has 0 fully saturated rings. The van der Waals surface area contributed by atoms with Crippen LogP contribution < -0.4 is 51.4 Å². The molecule has 4 nitrogen and oxygen atoms in total. The molecular weight excluding hydrogens is 291 g/mol. The smallest absolute Gasteiger partial charge is 0.748 e. The van der Waals surface area contributed by atoms with Crippen molar-refractivity contribution in [3.05, 3.63) is 0 Å². The summed E-state index contributed by atoms with van der Waals surface area (Å²) in [5, 5.41) is 7.86. The van der Waals surface area contributed by atoms with E-state index in [1.807, 2.05) is 0 Å². The summed E-state index contributed by atoms with van der Waals surface area (Å²) in [6.45, 7) is 1.78. The number of hydrogen-bond donors (Lipinski definition) is 1. The van der Waals surface area contributed by atoms with Gasteiger partial charge in [-0.15, -0.1) is 0 Å². The molecule has 0 aliphatic carbocycles. The molecule has 0 amide bonds. The van der Waals surface area contributed by atoms with Gasteiger partial charge in [-0.3, -0.25) is 0 Å². The Morgan fingerprint density at radius 1 is 0.895 bits per heavy atom. The van der Waals surface area contributed by atoms with E-state index in [4.69, 9.17) is 5.11 Å². The number of unbranched alkanes of at least 4 members (excludes halogenated alkanes) is 8. The zero-order valence-electron chi connectivity index (χ0n) is 12.4. The molecule has 0 bridgehead atoms. The van der Waals surface area contributed by atoms with Gasteiger partial charge in [0.1, 0.15) is 0 Å². The quantitative estimate of drug-likeness (QED) is 0.308. The minimum absolute atomic E-state index is 0. The van der Waals surface area contributed by atoms with Crippen LogP contribution in [-0.4, -0.2) is 29.9 Å². The summed E-state index contributed by atoms with van der Waals surface area (Å²) < 4.78 is 31.9. The van der Waals surface area contributed by atoms with Crippen LogP contribution in [-0.2, 0) is 10.1 Å². The standard InChI is InChI=1S/C13H28O4S.K/c1-13(18(15,16)17)11-9-7-5-3-2-4-6-8-10-12-14;/h13-14H,2-12H2,1H3,(H,15,16,17);/q;+1/p-1. The second-order valence-corrected chi connectivity index (χ2v) is 6.79. The van der Waals surface area contributed by atoms with Crippen molar-refractivity contribution in [3.63, 3.8) is 0 Å². The fraction of sp³-hybridized carbons (Fsp3) is 1.00. The Bertz CT molecular complexity index is 280. The molecule has 0 heterocycles. The van der Waals surface area contributed by atoms with E-state index in [2.05, 4.69) is 0 Å². The van der Waals surface area contributed by atoms with Crippen LogP contribution in [0.2, 0.25) is 0 Å². The average molecular weight is 319 g/mol. The second-order valence-electron chi connectivity index (χ2n) is 5.00. The Morgan fingerprint density at radius 2 is 1.26 bits per heavy atom. The SMILES string of the molecule is CC(CCCCCCCCCCCO)S(=O)(=O)[O-].[K+]. The van der Waals surface area contributed by atoms with Gasteiger partial charge in [-0.05, 0) is 19.8 Å². The molecule has 0 radical (unpaired) electrons. The van der Waals surface area contributed by atoms with Crippen LogP contribution in [0, 0.1) is 0 Å². The minimum Gasteiger partial charge on any atom is -0.748 e. The third-order valence-corrected chi connectivity index (χ3v) is 4.48. The number of hydrogen-bond acceptors (Lipinski definition) is 4. The first kappa shape index (κ1) is 22.8. The first-order valence-corrected chi connectivity index (χ1v) is 8.51. The molecular formula is C13H27KO4S. The summed E-state index contributed by atoms with van der Waals surface area (Å²) in [5.74, 6) is 0. The van der Waals surface area contributed by atoms with E-state index in [0.29, 0.717) is 13.0 Å². The first-order valence-electron chi connectivity index (χ1n) is 7.04. The van der Waals surface area contributed by atoms with Gasteiger partial charge in [0.2, 0.25) is 0 Å². The van der Waals surface area contributed by atoms with Gasteiger partial charge in [0, 0.05) is 11.9 Å². The Kier molecular flexibility index (Phi) is 17.3. The largest absolute Gasteiger partial charge is 1.00 e. The molecule has 0 aromatic carbocycles. The maximum absolute atomic E-state index is 10.6. The van der Waals surface area contributed by atoms with Crippen molar-refractivity contribution in [2.75, 3.05) is 6.61 Å². The Hall–Kier alpha value is 1.51. The molecule has 0 aromatic heterocycles. The molecule has 0 saturated carbocycles. The predicted octanol–water partition coefficient (Wildman–Crippen LogP) is -0.183. The molecule has 1 N–H and O–H groups in total. The van der Waals surface area contributed by atoms with Crippen LogP contribution in [0.3, 0.4) is 0 Å². The summed E-state index contributed by atoms with van der Waals surface area (Å²) in [4.78, 5) is 0. The van der Waals surface area contributed by atoms with Crippen LogP contribution in [0.25, 0.3) is 0 Å². The maximum atomic E-state index is 10.6. The van der Waals surface area contributed by atoms with E-state index < -0.39 is 15.4 Å². The van der Waals surface area contributed by atoms with Crippen molar-refractivity contribution in [2.45, 2.75) is 76.4 Å². The zero-order valence-corrected chi connectivity index (χ0v) is 16.4.